The van der Waals surface area contributed by atoms with Crippen LogP contribution in [-0.4, -0.2) is 26.8 Å². The third kappa shape index (κ3) is 4.78. The van der Waals surface area contributed by atoms with Gasteiger partial charge >= 0.3 is 8.56 Å². The Bertz CT molecular complexity index is 136. The molecule has 0 aliphatic carbocycles. The Labute approximate surface area is 94.2 Å². The van der Waals surface area contributed by atoms with E-state index >= 15 is 0 Å². The first-order chi connectivity index (χ1) is 6.60. The van der Waals surface area contributed by atoms with Gasteiger partial charge in [0.2, 0.25) is 0 Å². The minimum absolute atomic E-state index is 0.0561. The maximum absolute atomic E-state index is 6.26. The summed E-state index contributed by atoms with van der Waals surface area (Å²) in [4.78, 5) is 0. The number of hydrogen-bond donors (Lipinski definition) is 0. The highest BCUT2D eigenvalue weighted by atomic mass is 35.5. The molecule has 0 saturated carbocycles. The van der Waals surface area contributed by atoms with Gasteiger partial charge in [-0.1, -0.05) is 20.8 Å². The minimum Gasteiger partial charge on any atom is -0.394 e. The van der Waals surface area contributed by atoms with Crippen molar-refractivity contribution >= 4 is 20.2 Å². The van der Waals surface area contributed by atoms with Crippen LogP contribution < -0.4 is 0 Å². The summed E-state index contributed by atoms with van der Waals surface area (Å²) in [7, 11) is -2.13. The Kier molecular flexibility index (Phi) is 7.92. The number of rotatable bonds is 8. The Morgan fingerprint density at radius 2 is 1.50 bits per heavy atom. The minimum atomic E-state index is -2.13. The van der Waals surface area contributed by atoms with Gasteiger partial charge in [-0.25, -0.2) is 0 Å². The molecule has 0 saturated heterocycles. The van der Waals surface area contributed by atoms with Gasteiger partial charge in [-0.3, -0.25) is 0 Å². The Morgan fingerprint density at radius 3 is 1.79 bits per heavy atom. The topological polar surface area (TPSA) is 18.5 Å². The summed E-state index contributed by atoms with van der Waals surface area (Å²) in [5, 5.41) is 0.0561. The van der Waals surface area contributed by atoms with E-state index in [0.29, 0.717) is 0 Å². The van der Waals surface area contributed by atoms with Crippen LogP contribution in [0.2, 0.25) is 6.55 Å². The number of halogens is 1. The maximum Gasteiger partial charge on any atom is 0.353 e. The van der Waals surface area contributed by atoms with Gasteiger partial charge < -0.3 is 8.85 Å². The Hall–Kier alpha value is 0.427. The van der Waals surface area contributed by atoms with Crippen LogP contribution in [0.1, 0.15) is 40.0 Å². The van der Waals surface area contributed by atoms with E-state index in [1.807, 2.05) is 0 Å². The highest BCUT2D eigenvalue weighted by Gasteiger charge is 2.38. The molecule has 86 valence electrons. The fraction of sp³-hybridized carbons (Fsp3) is 1.00. The molecule has 2 nitrogen and oxygen atoms in total. The molecule has 0 aliphatic rings. The lowest BCUT2D eigenvalue weighted by Gasteiger charge is -2.30. The molecule has 0 aliphatic heterocycles. The smallest absolute Gasteiger partial charge is 0.353 e. The third-order valence-electron chi connectivity index (χ3n) is 2.11. The molecule has 14 heavy (non-hydrogen) atoms. The van der Waals surface area contributed by atoms with Gasteiger partial charge in [0.25, 0.3) is 0 Å². The fourth-order valence-electron chi connectivity index (χ4n) is 1.20. The zero-order valence-electron chi connectivity index (χ0n) is 9.81. The lowest BCUT2D eigenvalue weighted by Crippen LogP contribution is -2.48. The van der Waals surface area contributed by atoms with E-state index in [2.05, 4.69) is 27.3 Å². The summed E-state index contributed by atoms with van der Waals surface area (Å²) in [6.45, 7) is 9.87. The van der Waals surface area contributed by atoms with Crippen LogP contribution in [0.25, 0.3) is 0 Å². The molecule has 0 N–H and O–H groups in total. The van der Waals surface area contributed by atoms with Crippen LogP contribution in [0.4, 0.5) is 0 Å². The molecule has 0 aromatic carbocycles. The first-order valence-electron chi connectivity index (χ1n) is 5.52. The van der Waals surface area contributed by atoms with Crippen LogP contribution in [0.15, 0.2) is 0 Å². The van der Waals surface area contributed by atoms with E-state index < -0.39 is 8.56 Å². The molecule has 1 unspecified atom stereocenters. The van der Waals surface area contributed by atoms with Crippen molar-refractivity contribution in [2.75, 3.05) is 13.2 Å². The quantitative estimate of drug-likeness (QED) is 0.476. The zero-order chi connectivity index (χ0) is 11.0. The summed E-state index contributed by atoms with van der Waals surface area (Å²) in [5.41, 5.74) is 0. The largest absolute Gasteiger partial charge is 0.394 e. The van der Waals surface area contributed by atoms with E-state index in [1.165, 1.54) is 0 Å². The second-order valence-electron chi connectivity index (χ2n) is 3.59. The van der Waals surface area contributed by atoms with E-state index in [1.54, 1.807) is 0 Å². The van der Waals surface area contributed by atoms with Gasteiger partial charge in [-0.05, 0) is 25.8 Å². The van der Waals surface area contributed by atoms with Crippen molar-refractivity contribution in [1.29, 1.82) is 0 Å². The van der Waals surface area contributed by atoms with Gasteiger partial charge in [0, 0.05) is 13.2 Å². The lowest BCUT2D eigenvalue weighted by molar-refractivity contribution is 0.170. The molecule has 0 spiro atoms. The van der Waals surface area contributed by atoms with E-state index in [0.717, 1.165) is 32.5 Å². The number of alkyl halides is 1. The second kappa shape index (κ2) is 7.68. The third-order valence-corrected chi connectivity index (χ3v) is 6.71. The van der Waals surface area contributed by atoms with Crippen LogP contribution in [0.3, 0.4) is 0 Å². The predicted molar refractivity (Wildman–Crippen MR) is 64.0 cm³/mol. The van der Waals surface area contributed by atoms with Crippen molar-refractivity contribution in [2.45, 2.75) is 51.6 Å². The average Bonchev–Trinajstić information content (AvgIpc) is 2.22. The summed E-state index contributed by atoms with van der Waals surface area (Å²) in [6.07, 6.45) is 2.95. The maximum atomic E-state index is 6.26. The monoisotopic (exact) mass is 238 g/mol. The van der Waals surface area contributed by atoms with Gasteiger partial charge in [0.15, 0.2) is 0 Å². The Balaban J connectivity index is 4.16. The summed E-state index contributed by atoms with van der Waals surface area (Å²) < 4.78 is 11.6. The van der Waals surface area contributed by atoms with Crippen molar-refractivity contribution < 1.29 is 8.85 Å². The van der Waals surface area contributed by atoms with E-state index in [9.17, 15) is 0 Å². The van der Waals surface area contributed by atoms with E-state index in [-0.39, 0.29) is 5.00 Å². The molecular weight excluding hydrogens is 216 g/mol. The van der Waals surface area contributed by atoms with Crippen molar-refractivity contribution in [3.8, 4) is 0 Å². The highest BCUT2D eigenvalue weighted by molar-refractivity contribution is 6.75. The molecule has 0 aromatic heterocycles. The molecule has 0 amide bonds. The van der Waals surface area contributed by atoms with Gasteiger partial charge in [-0.15, -0.1) is 11.6 Å². The molecule has 0 bridgehead atoms. The molecule has 0 radical (unpaired) electrons. The normalized spacial score (nSPS) is 14.4. The van der Waals surface area contributed by atoms with Gasteiger partial charge in [0.1, 0.15) is 0 Å². The van der Waals surface area contributed by atoms with Crippen LogP contribution in [0.5, 0.6) is 0 Å². The summed E-state index contributed by atoms with van der Waals surface area (Å²) in [5.74, 6) is 0. The summed E-state index contributed by atoms with van der Waals surface area (Å²) >= 11 is 6.26. The zero-order valence-corrected chi connectivity index (χ0v) is 11.6. The Morgan fingerprint density at radius 1 is 1.07 bits per heavy atom. The molecular formula is C10H23ClO2Si. The van der Waals surface area contributed by atoms with Crippen LogP contribution in [0, 0.1) is 0 Å². The first-order valence-corrected chi connectivity index (χ1v) is 8.35. The molecule has 0 fully saturated rings. The van der Waals surface area contributed by atoms with Crippen molar-refractivity contribution in [3.05, 3.63) is 0 Å². The molecule has 4 heteroatoms. The molecule has 0 rings (SSSR count). The first kappa shape index (κ1) is 14.4. The molecule has 0 aromatic rings. The molecule has 0 heterocycles. The van der Waals surface area contributed by atoms with Gasteiger partial charge in [0.05, 0.1) is 5.00 Å². The van der Waals surface area contributed by atoms with Crippen LogP contribution in [-0.2, 0) is 8.85 Å². The second-order valence-corrected chi connectivity index (χ2v) is 7.79. The predicted octanol–water partition coefficient (Wildman–Crippen LogP) is 3.47. The van der Waals surface area contributed by atoms with E-state index in [4.69, 9.17) is 20.5 Å². The molecule has 1 atom stereocenters. The highest BCUT2D eigenvalue weighted by Crippen LogP contribution is 2.21. The fourth-order valence-corrected chi connectivity index (χ4v) is 3.99. The average molecular weight is 239 g/mol. The summed E-state index contributed by atoms with van der Waals surface area (Å²) in [6, 6.07) is 0. The van der Waals surface area contributed by atoms with Crippen LogP contribution >= 0.6 is 11.6 Å². The van der Waals surface area contributed by atoms with Crippen molar-refractivity contribution in [1.82, 2.24) is 0 Å². The van der Waals surface area contributed by atoms with Crippen molar-refractivity contribution in [2.24, 2.45) is 0 Å². The van der Waals surface area contributed by atoms with Crippen molar-refractivity contribution in [3.63, 3.8) is 0 Å². The van der Waals surface area contributed by atoms with Gasteiger partial charge in [-0.2, -0.15) is 0 Å². The number of hydrogen-bond acceptors (Lipinski definition) is 2. The SMILES string of the molecule is CCCO[Si](C)(OCCC)C(Cl)CC. The standard InChI is InChI=1S/C10H23ClO2Si/c1-5-8-12-14(4,10(11)7-3)13-9-6-2/h10H,5-9H2,1-4H3. The lowest BCUT2D eigenvalue weighted by atomic mass is 10.5.